The average Bonchev–Trinajstić information content (AvgIpc) is 3.25. The van der Waals surface area contributed by atoms with Gasteiger partial charge in [-0.25, -0.2) is 4.39 Å². The van der Waals surface area contributed by atoms with Crippen LogP contribution in [-0.4, -0.2) is 72.3 Å². The fraction of sp³-hybridized carbons (Fsp3) is 0.652. The number of piperidine rings is 2. The maximum absolute atomic E-state index is 13.9. The van der Waals surface area contributed by atoms with Crippen molar-refractivity contribution in [3.63, 3.8) is 0 Å². The van der Waals surface area contributed by atoms with E-state index < -0.39 is 0 Å². The number of nitrogens with zero attached hydrogens (tertiary/aromatic N) is 3. The van der Waals surface area contributed by atoms with Crippen LogP contribution in [0.5, 0.6) is 0 Å². The van der Waals surface area contributed by atoms with Crippen molar-refractivity contribution >= 4 is 11.8 Å². The molecule has 3 heterocycles. The molecule has 3 aliphatic heterocycles. The van der Waals surface area contributed by atoms with E-state index in [0.717, 1.165) is 58.2 Å². The molecule has 1 atom stereocenters. The Bertz CT molecular complexity index is 754. The van der Waals surface area contributed by atoms with Crippen LogP contribution < -0.4 is 0 Å². The summed E-state index contributed by atoms with van der Waals surface area (Å²) in [5.41, 5.74) is 0.416. The molecule has 0 N–H and O–H groups in total. The van der Waals surface area contributed by atoms with Crippen molar-refractivity contribution in [3.8, 4) is 0 Å². The summed E-state index contributed by atoms with van der Waals surface area (Å²) in [6.07, 6.45) is 6.17. The normalized spacial score (nSPS) is 24.8. The molecule has 1 unspecified atom stereocenters. The number of carbonyl (C=O) groups is 2. The molecular weight excluding hydrogens is 369 g/mol. The quantitative estimate of drug-likeness (QED) is 0.782. The van der Waals surface area contributed by atoms with Crippen molar-refractivity contribution in [1.29, 1.82) is 0 Å². The molecule has 1 aromatic carbocycles. The largest absolute Gasteiger partial charge is 0.342 e. The predicted molar refractivity (Wildman–Crippen MR) is 110 cm³/mol. The second-order valence-electron chi connectivity index (χ2n) is 9.03. The number of carbonyl (C=O) groups excluding carboxylic acids is 2. The van der Waals surface area contributed by atoms with E-state index in [4.69, 9.17) is 0 Å². The van der Waals surface area contributed by atoms with Crippen molar-refractivity contribution in [2.45, 2.75) is 51.0 Å². The first-order chi connectivity index (χ1) is 14.0. The van der Waals surface area contributed by atoms with Gasteiger partial charge in [0.05, 0.1) is 12.5 Å². The minimum Gasteiger partial charge on any atom is -0.342 e. The average molecular weight is 402 g/mol. The molecular formula is C23H32FN3O2. The second-order valence-corrected chi connectivity index (χ2v) is 9.03. The molecule has 3 fully saturated rings. The van der Waals surface area contributed by atoms with Crippen LogP contribution in [0, 0.1) is 11.2 Å². The third kappa shape index (κ3) is 4.04. The lowest BCUT2D eigenvalue weighted by molar-refractivity contribution is -0.147. The Morgan fingerprint density at radius 1 is 0.966 bits per heavy atom. The van der Waals surface area contributed by atoms with Gasteiger partial charge in [-0.3, -0.25) is 14.5 Å². The van der Waals surface area contributed by atoms with E-state index in [1.807, 2.05) is 9.80 Å². The van der Waals surface area contributed by atoms with E-state index in [9.17, 15) is 14.0 Å². The number of hydrogen-bond acceptors (Lipinski definition) is 3. The summed E-state index contributed by atoms with van der Waals surface area (Å²) in [6.45, 7) is 4.04. The molecule has 4 rings (SSSR count). The van der Waals surface area contributed by atoms with Gasteiger partial charge in [0.15, 0.2) is 0 Å². The predicted octanol–water partition coefficient (Wildman–Crippen LogP) is 2.69. The number of likely N-dealkylation sites (tertiary alicyclic amines) is 3. The van der Waals surface area contributed by atoms with Crippen LogP contribution in [0.2, 0.25) is 0 Å². The molecule has 1 spiro atoms. The highest BCUT2D eigenvalue weighted by Crippen LogP contribution is 2.45. The summed E-state index contributed by atoms with van der Waals surface area (Å²) in [4.78, 5) is 32.3. The molecule has 3 saturated heterocycles. The van der Waals surface area contributed by atoms with Gasteiger partial charge in [0.2, 0.25) is 11.8 Å². The molecule has 0 bridgehead atoms. The van der Waals surface area contributed by atoms with Crippen LogP contribution >= 0.6 is 0 Å². The molecule has 0 aromatic heterocycles. The van der Waals surface area contributed by atoms with Gasteiger partial charge in [0, 0.05) is 26.2 Å². The summed E-state index contributed by atoms with van der Waals surface area (Å²) in [5, 5.41) is 0. The SMILES string of the molecule is CN1CCCC2(CCN(C(=O)Cc3ccccc3F)CC2)C1C(=O)N1CCCC1. The lowest BCUT2D eigenvalue weighted by atomic mass is 9.66. The van der Waals surface area contributed by atoms with Crippen LogP contribution in [0.15, 0.2) is 24.3 Å². The van der Waals surface area contributed by atoms with Gasteiger partial charge >= 0.3 is 0 Å². The monoisotopic (exact) mass is 401 g/mol. The van der Waals surface area contributed by atoms with Crippen LogP contribution in [0.3, 0.4) is 0 Å². The van der Waals surface area contributed by atoms with Crippen LogP contribution in [0.1, 0.15) is 44.1 Å². The van der Waals surface area contributed by atoms with E-state index in [2.05, 4.69) is 11.9 Å². The zero-order chi connectivity index (χ0) is 20.4. The second kappa shape index (κ2) is 8.42. The first-order valence-corrected chi connectivity index (χ1v) is 11.0. The number of benzene rings is 1. The van der Waals surface area contributed by atoms with E-state index in [1.54, 1.807) is 18.2 Å². The van der Waals surface area contributed by atoms with Gasteiger partial charge in [-0.05, 0) is 69.2 Å². The first-order valence-electron chi connectivity index (χ1n) is 11.0. The van der Waals surface area contributed by atoms with Crippen molar-refractivity contribution in [3.05, 3.63) is 35.6 Å². The van der Waals surface area contributed by atoms with Crippen molar-refractivity contribution < 1.29 is 14.0 Å². The Kier molecular flexibility index (Phi) is 5.91. The topological polar surface area (TPSA) is 43.9 Å². The lowest BCUT2D eigenvalue weighted by Gasteiger charge is -2.52. The first kappa shape index (κ1) is 20.3. The van der Waals surface area contributed by atoms with Gasteiger partial charge in [-0.1, -0.05) is 18.2 Å². The van der Waals surface area contributed by atoms with Gasteiger partial charge in [-0.15, -0.1) is 0 Å². The van der Waals surface area contributed by atoms with Gasteiger partial charge in [0.25, 0.3) is 0 Å². The Hall–Kier alpha value is -1.95. The molecule has 0 aliphatic carbocycles. The molecule has 2 amide bonds. The van der Waals surface area contributed by atoms with Crippen molar-refractivity contribution in [1.82, 2.24) is 14.7 Å². The van der Waals surface area contributed by atoms with Gasteiger partial charge < -0.3 is 9.80 Å². The summed E-state index contributed by atoms with van der Waals surface area (Å²) in [6, 6.07) is 6.42. The molecule has 0 saturated carbocycles. The Morgan fingerprint density at radius 3 is 2.34 bits per heavy atom. The maximum Gasteiger partial charge on any atom is 0.240 e. The van der Waals surface area contributed by atoms with Crippen LogP contribution in [-0.2, 0) is 16.0 Å². The third-order valence-electron chi connectivity index (χ3n) is 7.27. The molecule has 29 heavy (non-hydrogen) atoms. The van der Waals surface area contributed by atoms with Crippen molar-refractivity contribution in [2.24, 2.45) is 5.41 Å². The Labute approximate surface area is 172 Å². The summed E-state index contributed by atoms with van der Waals surface area (Å²) >= 11 is 0. The highest BCUT2D eigenvalue weighted by molar-refractivity contribution is 5.83. The van der Waals surface area contributed by atoms with Crippen LogP contribution in [0.4, 0.5) is 4.39 Å². The van der Waals surface area contributed by atoms with E-state index >= 15 is 0 Å². The lowest BCUT2D eigenvalue weighted by Crippen LogP contribution is -2.61. The fourth-order valence-electron chi connectivity index (χ4n) is 5.62. The van der Waals surface area contributed by atoms with Gasteiger partial charge in [0.1, 0.15) is 5.82 Å². The van der Waals surface area contributed by atoms with Crippen molar-refractivity contribution in [2.75, 3.05) is 39.8 Å². The number of likely N-dealkylation sites (N-methyl/N-ethyl adjacent to an activating group) is 1. The molecule has 0 radical (unpaired) electrons. The third-order valence-corrected chi connectivity index (χ3v) is 7.27. The zero-order valence-corrected chi connectivity index (χ0v) is 17.4. The molecule has 6 heteroatoms. The number of amides is 2. The minimum absolute atomic E-state index is 0.0171. The Morgan fingerprint density at radius 2 is 1.66 bits per heavy atom. The summed E-state index contributed by atoms with van der Waals surface area (Å²) in [7, 11) is 2.08. The van der Waals surface area contributed by atoms with Crippen LogP contribution in [0.25, 0.3) is 0 Å². The molecule has 158 valence electrons. The molecule has 3 aliphatic rings. The molecule has 5 nitrogen and oxygen atoms in total. The standard InChI is InChI=1S/C23H32FN3O2/c1-25-12-6-9-23(21(25)22(29)27-13-4-5-14-27)10-15-26(16-11-23)20(28)17-18-7-2-3-8-19(18)24/h2-3,7-8,21H,4-6,9-17H2,1H3. The number of rotatable bonds is 3. The summed E-state index contributed by atoms with van der Waals surface area (Å²) in [5.74, 6) is -0.0492. The number of hydrogen-bond donors (Lipinski definition) is 0. The van der Waals surface area contributed by atoms with E-state index in [0.29, 0.717) is 18.7 Å². The van der Waals surface area contributed by atoms with E-state index in [-0.39, 0.29) is 35.5 Å². The smallest absolute Gasteiger partial charge is 0.240 e. The highest BCUT2D eigenvalue weighted by atomic mass is 19.1. The van der Waals surface area contributed by atoms with Gasteiger partial charge in [-0.2, -0.15) is 0 Å². The molecule has 1 aromatic rings. The van der Waals surface area contributed by atoms with E-state index in [1.165, 1.54) is 6.07 Å². The zero-order valence-electron chi connectivity index (χ0n) is 17.4. The Balaban J connectivity index is 1.43. The maximum atomic E-state index is 13.9. The summed E-state index contributed by atoms with van der Waals surface area (Å²) < 4.78 is 13.9. The number of halogens is 1. The minimum atomic E-state index is -0.320. The fourth-order valence-corrected chi connectivity index (χ4v) is 5.62. The highest BCUT2D eigenvalue weighted by Gasteiger charge is 2.50.